The van der Waals surface area contributed by atoms with E-state index in [0.717, 1.165) is 6.54 Å². The molecule has 1 saturated carbocycles. The second kappa shape index (κ2) is 4.63. The first-order valence-corrected chi connectivity index (χ1v) is 5.91. The fourth-order valence-corrected chi connectivity index (χ4v) is 2.54. The van der Waals surface area contributed by atoms with Crippen molar-refractivity contribution in [3.63, 3.8) is 0 Å². The fraction of sp³-hybridized carbons (Fsp3) is 1.00. The lowest BCUT2D eigenvalue weighted by Crippen LogP contribution is -2.49. The van der Waals surface area contributed by atoms with Gasteiger partial charge >= 0.3 is 0 Å². The zero-order chi connectivity index (χ0) is 10.8. The Labute approximate surface area is 88.8 Å². The third-order valence-corrected chi connectivity index (χ3v) is 3.89. The van der Waals surface area contributed by atoms with E-state index in [1.165, 1.54) is 25.8 Å². The Morgan fingerprint density at radius 3 is 2.64 bits per heavy atom. The molecule has 0 radical (unpaired) electrons. The lowest BCUT2D eigenvalue weighted by Gasteiger charge is -2.43. The largest absolute Gasteiger partial charge is 0.327 e. The SMILES string of the molecule is CCN(C)CC1CCCC(C)(C)C1N. The first-order valence-electron chi connectivity index (χ1n) is 5.91. The van der Waals surface area contributed by atoms with E-state index in [1.54, 1.807) is 0 Å². The van der Waals surface area contributed by atoms with Gasteiger partial charge in [0.05, 0.1) is 0 Å². The summed E-state index contributed by atoms with van der Waals surface area (Å²) in [7, 11) is 2.19. The van der Waals surface area contributed by atoms with Crippen molar-refractivity contribution in [2.75, 3.05) is 20.1 Å². The number of rotatable bonds is 3. The maximum Gasteiger partial charge on any atom is 0.0131 e. The van der Waals surface area contributed by atoms with Crippen LogP contribution in [0.1, 0.15) is 40.0 Å². The molecule has 0 aromatic carbocycles. The molecule has 1 fully saturated rings. The highest BCUT2D eigenvalue weighted by Crippen LogP contribution is 2.37. The van der Waals surface area contributed by atoms with E-state index in [1.807, 2.05) is 0 Å². The van der Waals surface area contributed by atoms with Crippen molar-refractivity contribution in [2.24, 2.45) is 17.1 Å². The Morgan fingerprint density at radius 1 is 1.43 bits per heavy atom. The second-order valence-electron chi connectivity index (χ2n) is 5.52. The quantitative estimate of drug-likeness (QED) is 0.752. The van der Waals surface area contributed by atoms with Crippen LogP contribution in [0.4, 0.5) is 0 Å². The van der Waals surface area contributed by atoms with Gasteiger partial charge in [-0.05, 0) is 37.8 Å². The summed E-state index contributed by atoms with van der Waals surface area (Å²) < 4.78 is 0. The van der Waals surface area contributed by atoms with E-state index in [0.29, 0.717) is 17.4 Å². The van der Waals surface area contributed by atoms with E-state index in [4.69, 9.17) is 5.73 Å². The van der Waals surface area contributed by atoms with Crippen LogP contribution in [0.5, 0.6) is 0 Å². The van der Waals surface area contributed by atoms with Gasteiger partial charge in [0.2, 0.25) is 0 Å². The van der Waals surface area contributed by atoms with E-state index < -0.39 is 0 Å². The standard InChI is InChI=1S/C12H26N2/c1-5-14(4)9-10-7-6-8-12(2,3)11(10)13/h10-11H,5-9,13H2,1-4H3. The molecular formula is C12H26N2. The summed E-state index contributed by atoms with van der Waals surface area (Å²) in [6.45, 7) is 9.13. The lowest BCUT2D eigenvalue weighted by atomic mass is 9.68. The molecule has 84 valence electrons. The summed E-state index contributed by atoms with van der Waals surface area (Å²) in [6.07, 6.45) is 3.96. The van der Waals surface area contributed by atoms with Crippen LogP contribution in [0.15, 0.2) is 0 Å². The average molecular weight is 198 g/mol. The van der Waals surface area contributed by atoms with Gasteiger partial charge in [-0.1, -0.05) is 27.2 Å². The number of nitrogens with zero attached hydrogens (tertiary/aromatic N) is 1. The zero-order valence-electron chi connectivity index (χ0n) is 10.2. The van der Waals surface area contributed by atoms with Gasteiger partial charge in [-0.3, -0.25) is 0 Å². The predicted molar refractivity (Wildman–Crippen MR) is 62.3 cm³/mol. The molecule has 1 aliphatic carbocycles. The summed E-state index contributed by atoms with van der Waals surface area (Å²) in [5, 5.41) is 0. The van der Waals surface area contributed by atoms with Crippen LogP contribution in [0, 0.1) is 11.3 Å². The number of hydrogen-bond acceptors (Lipinski definition) is 2. The van der Waals surface area contributed by atoms with Crippen molar-refractivity contribution in [1.82, 2.24) is 4.90 Å². The van der Waals surface area contributed by atoms with E-state index in [2.05, 4.69) is 32.7 Å². The molecule has 2 N–H and O–H groups in total. The van der Waals surface area contributed by atoms with Gasteiger partial charge in [0.1, 0.15) is 0 Å². The van der Waals surface area contributed by atoms with Crippen molar-refractivity contribution in [2.45, 2.75) is 46.1 Å². The minimum absolute atomic E-state index is 0.345. The van der Waals surface area contributed by atoms with E-state index in [-0.39, 0.29) is 0 Å². The van der Waals surface area contributed by atoms with Crippen LogP contribution in [0.25, 0.3) is 0 Å². The minimum Gasteiger partial charge on any atom is -0.327 e. The average Bonchev–Trinajstić information content (AvgIpc) is 2.12. The van der Waals surface area contributed by atoms with Gasteiger partial charge in [-0.15, -0.1) is 0 Å². The fourth-order valence-electron chi connectivity index (χ4n) is 2.54. The molecule has 1 rings (SSSR count). The van der Waals surface area contributed by atoms with Gasteiger partial charge in [-0.2, -0.15) is 0 Å². The molecule has 0 aromatic heterocycles. The molecule has 0 bridgehead atoms. The second-order valence-corrected chi connectivity index (χ2v) is 5.52. The van der Waals surface area contributed by atoms with Gasteiger partial charge in [0, 0.05) is 12.6 Å². The normalized spacial score (nSPS) is 32.1. The number of nitrogens with two attached hydrogens (primary N) is 1. The van der Waals surface area contributed by atoms with Crippen LogP contribution in [-0.2, 0) is 0 Å². The molecule has 2 nitrogen and oxygen atoms in total. The molecule has 0 aliphatic heterocycles. The third kappa shape index (κ3) is 2.71. The molecule has 1 aliphatic rings. The summed E-state index contributed by atoms with van der Waals surface area (Å²) in [4.78, 5) is 2.38. The summed E-state index contributed by atoms with van der Waals surface area (Å²) in [6, 6.07) is 0.380. The predicted octanol–water partition coefficient (Wildman–Crippen LogP) is 2.09. The molecule has 0 spiro atoms. The van der Waals surface area contributed by atoms with Crippen LogP contribution < -0.4 is 5.73 Å². The van der Waals surface area contributed by atoms with Gasteiger partial charge in [0.15, 0.2) is 0 Å². The van der Waals surface area contributed by atoms with Crippen LogP contribution in [0.3, 0.4) is 0 Å². The molecule has 2 heteroatoms. The Balaban J connectivity index is 2.52. The summed E-state index contributed by atoms with van der Waals surface area (Å²) in [5.41, 5.74) is 6.68. The third-order valence-electron chi connectivity index (χ3n) is 3.89. The first-order chi connectivity index (χ1) is 6.47. The van der Waals surface area contributed by atoms with Crippen LogP contribution >= 0.6 is 0 Å². The highest BCUT2D eigenvalue weighted by Gasteiger charge is 2.36. The highest BCUT2D eigenvalue weighted by atomic mass is 15.1. The topological polar surface area (TPSA) is 29.3 Å². The zero-order valence-corrected chi connectivity index (χ0v) is 10.2. The number of hydrogen-bond donors (Lipinski definition) is 1. The molecule has 2 unspecified atom stereocenters. The summed E-state index contributed by atoms with van der Waals surface area (Å²) in [5.74, 6) is 0.698. The van der Waals surface area contributed by atoms with Crippen molar-refractivity contribution in [3.8, 4) is 0 Å². The van der Waals surface area contributed by atoms with Crippen molar-refractivity contribution < 1.29 is 0 Å². The Morgan fingerprint density at radius 2 is 2.07 bits per heavy atom. The lowest BCUT2D eigenvalue weighted by molar-refractivity contribution is 0.112. The Bertz CT molecular complexity index is 177. The van der Waals surface area contributed by atoms with Crippen molar-refractivity contribution in [3.05, 3.63) is 0 Å². The molecular weight excluding hydrogens is 172 g/mol. The summed E-state index contributed by atoms with van der Waals surface area (Å²) >= 11 is 0. The van der Waals surface area contributed by atoms with Crippen LogP contribution in [-0.4, -0.2) is 31.1 Å². The molecule has 2 atom stereocenters. The van der Waals surface area contributed by atoms with E-state index >= 15 is 0 Å². The van der Waals surface area contributed by atoms with Gasteiger partial charge in [-0.25, -0.2) is 0 Å². The van der Waals surface area contributed by atoms with Crippen molar-refractivity contribution >= 4 is 0 Å². The van der Waals surface area contributed by atoms with Gasteiger partial charge in [0.25, 0.3) is 0 Å². The molecule has 14 heavy (non-hydrogen) atoms. The van der Waals surface area contributed by atoms with Gasteiger partial charge < -0.3 is 10.6 Å². The van der Waals surface area contributed by atoms with Crippen molar-refractivity contribution in [1.29, 1.82) is 0 Å². The van der Waals surface area contributed by atoms with Crippen LogP contribution in [0.2, 0.25) is 0 Å². The monoisotopic (exact) mass is 198 g/mol. The minimum atomic E-state index is 0.345. The first kappa shape index (κ1) is 12.0. The maximum absolute atomic E-state index is 6.33. The smallest absolute Gasteiger partial charge is 0.0131 e. The molecule has 0 saturated heterocycles. The molecule has 0 amide bonds. The maximum atomic E-state index is 6.33. The Kier molecular flexibility index (Phi) is 3.96. The molecule has 0 heterocycles. The Hall–Kier alpha value is -0.0800. The highest BCUT2D eigenvalue weighted by molar-refractivity contribution is 4.91. The van der Waals surface area contributed by atoms with E-state index in [9.17, 15) is 0 Å². The molecule has 0 aromatic rings.